The van der Waals surface area contributed by atoms with Gasteiger partial charge in [-0.3, -0.25) is 0 Å². The Morgan fingerprint density at radius 2 is 2.13 bits per heavy atom. The van der Waals surface area contributed by atoms with E-state index in [1.165, 1.54) is 11.2 Å². The third-order valence-corrected chi connectivity index (χ3v) is 3.15. The van der Waals surface area contributed by atoms with Gasteiger partial charge in [0.1, 0.15) is 6.33 Å². The zero-order chi connectivity index (χ0) is 10.5. The first-order valence-electron chi connectivity index (χ1n) is 4.81. The molecule has 0 aromatic carbocycles. The van der Waals surface area contributed by atoms with Gasteiger partial charge in [0, 0.05) is 22.8 Å². The number of aliphatic hydroxyl groups is 1. The fourth-order valence-electron chi connectivity index (χ4n) is 1.38. The number of aromatic nitrogens is 2. The molecule has 78 valence electrons. The van der Waals surface area contributed by atoms with Crippen LogP contribution in [0.2, 0.25) is 0 Å². The van der Waals surface area contributed by atoms with E-state index in [2.05, 4.69) is 16.0 Å². The summed E-state index contributed by atoms with van der Waals surface area (Å²) in [5.74, 6) is 0. The zero-order valence-corrected chi connectivity index (χ0v) is 9.02. The predicted molar refractivity (Wildman–Crippen MR) is 59.6 cm³/mol. The van der Waals surface area contributed by atoms with Crippen LogP contribution in [0.3, 0.4) is 0 Å². The Bertz CT molecular complexity index is 388. The lowest BCUT2D eigenvalue weighted by molar-refractivity contribution is 0.167. The largest absolute Gasteiger partial charge is 0.388 e. The summed E-state index contributed by atoms with van der Waals surface area (Å²) in [7, 11) is 0. The van der Waals surface area contributed by atoms with Gasteiger partial charge in [-0.1, -0.05) is 6.07 Å². The molecule has 2 aromatic heterocycles. The Kier molecular flexibility index (Phi) is 3.42. The van der Waals surface area contributed by atoms with Crippen LogP contribution in [-0.4, -0.2) is 15.1 Å². The number of hydrogen-bond acceptors (Lipinski definition) is 4. The van der Waals surface area contributed by atoms with E-state index in [1.807, 2.05) is 11.4 Å². The number of aliphatic hydroxyl groups excluding tert-OH is 1. The molecule has 0 radical (unpaired) electrons. The van der Waals surface area contributed by atoms with E-state index < -0.39 is 6.10 Å². The maximum Gasteiger partial charge on any atom is 0.115 e. The third kappa shape index (κ3) is 2.84. The maximum absolute atomic E-state index is 9.84. The molecule has 1 N–H and O–H groups in total. The van der Waals surface area contributed by atoms with Gasteiger partial charge in [-0.2, -0.15) is 0 Å². The van der Waals surface area contributed by atoms with Crippen molar-refractivity contribution in [1.82, 2.24) is 9.97 Å². The summed E-state index contributed by atoms with van der Waals surface area (Å²) in [6.07, 6.45) is 5.93. The lowest BCUT2D eigenvalue weighted by Gasteiger charge is -2.08. The first-order valence-corrected chi connectivity index (χ1v) is 5.69. The van der Waals surface area contributed by atoms with Crippen LogP contribution < -0.4 is 0 Å². The quantitative estimate of drug-likeness (QED) is 0.859. The van der Waals surface area contributed by atoms with Crippen LogP contribution in [0.15, 0.2) is 36.2 Å². The molecule has 3 nitrogen and oxygen atoms in total. The molecule has 2 aromatic rings. The van der Waals surface area contributed by atoms with Gasteiger partial charge in [0.05, 0.1) is 6.10 Å². The second-order valence-electron chi connectivity index (χ2n) is 3.31. The second-order valence-corrected chi connectivity index (χ2v) is 4.34. The first kappa shape index (κ1) is 10.3. The van der Waals surface area contributed by atoms with Crippen LogP contribution in [0.1, 0.15) is 23.0 Å². The lowest BCUT2D eigenvalue weighted by atomic mass is 10.1. The van der Waals surface area contributed by atoms with Crippen LogP contribution in [0.25, 0.3) is 0 Å². The number of aryl methyl sites for hydroxylation is 1. The second kappa shape index (κ2) is 5.00. The van der Waals surface area contributed by atoms with E-state index in [0.29, 0.717) is 6.42 Å². The molecule has 0 aliphatic heterocycles. The summed E-state index contributed by atoms with van der Waals surface area (Å²) in [4.78, 5) is 9.06. The number of rotatable bonds is 4. The smallest absolute Gasteiger partial charge is 0.115 e. The molecule has 0 fully saturated rings. The topological polar surface area (TPSA) is 46.0 Å². The lowest BCUT2D eigenvalue weighted by Crippen LogP contribution is -2.00. The van der Waals surface area contributed by atoms with Gasteiger partial charge < -0.3 is 5.11 Å². The molecule has 0 aliphatic carbocycles. The molecule has 2 heterocycles. The Morgan fingerprint density at radius 3 is 2.80 bits per heavy atom. The Balaban J connectivity index is 1.90. The monoisotopic (exact) mass is 220 g/mol. The van der Waals surface area contributed by atoms with Gasteiger partial charge in [0.15, 0.2) is 0 Å². The van der Waals surface area contributed by atoms with Crippen molar-refractivity contribution in [2.45, 2.75) is 18.9 Å². The molecule has 0 spiro atoms. The predicted octanol–water partition coefficient (Wildman–Crippen LogP) is 2.20. The van der Waals surface area contributed by atoms with Crippen molar-refractivity contribution in [3.63, 3.8) is 0 Å². The standard InChI is InChI=1S/C11H12N2OS/c14-11(9-6-12-8-13-7-9)4-3-10-2-1-5-15-10/h1-2,5-8,11,14H,3-4H2. The van der Waals surface area contributed by atoms with Crippen molar-refractivity contribution in [2.75, 3.05) is 0 Å². The molecule has 0 amide bonds. The van der Waals surface area contributed by atoms with Crippen molar-refractivity contribution in [3.8, 4) is 0 Å². The minimum absolute atomic E-state index is 0.465. The summed E-state index contributed by atoms with van der Waals surface area (Å²) in [6.45, 7) is 0. The molecular formula is C11H12N2OS. The normalized spacial score (nSPS) is 12.6. The molecular weight excluding hydrogens is 208 g/mol. The van der Waals surface area contributed by atoms with E-state index in [0.717, 1.165) is 12.0 Å². The molecule has 0 aliphatic rings. The summed E-state index contributed by atoms with van der Waals surface area (Å²) < 4.78 is 0. The summed E-state index contributed by atoms with van der Waals surface area (Å²) in [5.41, 5.74) is 0.786. The average molecular weight is 220 g/mol. The van der Waals surface area contributed by atoms with E-state index in [-0.39, 0.29) is 0 Å². The number of nitrogens with zero attached hydrogens (tertiary/aromatic N) is 2. The van der Waals surface area contributed by atoms with Crippen LogP contribution in [-0.2, 0) is 6.42 Å². The van der Waals surface area contributed by atoms with Gasteiger partial charge in [0.25, 0.3) is 0 Å². The molecule has 15 heavy (non-hydrogen) atoms. The van der Waals surface area contributed by atoms with Crippen molar-refractivity contribution in [1.29, 1.82) is 0 Å². The Morgan fingerprint density at radius 1 is 1.33 bits per heavy atom. The fourth-order valence-corrected chi connectivity index (χ4v) is 2.11. The number of thiophene rings is 1. The first-order chi connectivity index (χ1) is 7.36. The highest BCUT2D eigenvalue weighted by Gasteiger charge is 2.08. The van der Waals surface area contributed by atoms with E-state index >= 15 is 0 Å². The Labute approximate surface area is 92.5 Å². The SMILES string of the molecule is OC(CCc1cccs1)c1cncnc1. The van der Waals surface area contributed by atoms with Gasteiger partial charge in [0.2, 0.25) is 0 Å². The van der Waals surface area contributed by atoms with Crippen LogP contribution >= 0.6 is 11.3 Å². The molecule has 0 bridgehead atoms. The van der Waals surface area contributed by atoms with Gasteiger partial charge >= 0.3 is 0 Å². The van der Waals surface area contributed by atoms with E-state index in [4.69, 9.17) is 0 Å². The molecule has 0 saturated heterocycles. The van der Waals surface area contributed by atoms with E-state index in [1.54, 1.807) is 23.7 Å². The van der Waals surface area contributed by atoms with Gasteiger partial charge in [-0.15, -0.1) is 11.3 Å². The van der Waals surface area contributed by atoms with Crippen LogP contribution in [0.4, 0.5) is 0 Å². The molecule has 0 saturated carbocycles. The highest BCUT2D eigenvalue weighted by atomic mass is 32.1. The summed E-state index contributed by atoms with van der Waals surface area (Å²) in [6, 6.07) is 4.11. The van der Waals surface area contributed by atoms with Crippen molar-refractivity contribution in [3.05, 3.63) is 46.7 Å². The Hall–Kier alpha value is -1.26. The minimum atomic E-state index is -0.465. The highest BCUT2D eigenvalue weighted by molar-refractivity contribution is 7.09. The molecule has 1 atom stereocenters. The number of hydrogen-bond donors (Lipinski definition) is 1. The highest BCUT2D eigenvalue weighted by Crippen LogP contribution is 2.19. The van der Waals surface area contributed by atoms with Gasteiger partial charge in [-0.05, 0) is 24.3 Å². The minimum Gasteiger partial charge on any atom is -0.388 e. The average Bonchev–Trinajstić information content (AvgIpc) is 2.80. The maximum atomic E-state index is 9.84. The van der Waals surface area contributed by atoms with E-state index in [9.17, 15) is 5.11 Å². The van der Waals surface area contributed by atoms with Crippen LogP contribution in [0, 0.1) is 0 Å². The van der Waals surface area contributed by atoms with Gasteiger partial charge in [-0.25, -0.2) is 9.97 Å². The van der Waals surface area contributed by atoms with Crippen molar-refractivity contribution >= 4 is 11.3 Å². The van der Waals surface area contributed by atoms with Crippen molar-refractivity contribution in [2.24, 2.45) is 0 Å². The summed E-state index contributed by atoms with van der Waals surface area (Å²) >= 11 is 1.72. The van der Waals surface area contributed by atoms with Crippen molar-refractivity contribution < 1.29 is 5.11 Å². The fraction of sp³-hybridized carbons (Fsp3) is 0.273. The van der Waals surface area contributed by atoms with Crippen LogP contribution in [0.5, 0.6) is 0 Å². The molecule has 4 heteroatoms. The third-order valence-electron chi connectivity index (χ3n) is 2.21. The summed E-state index contributed by atoms with van der Waals surface area (Å²) in [5, 5.41) is 11.9. The zero-order valence-electron chi connectivity index (χ0n) is 8.21. The molecule has 1 unspecified atom stereocenters. The molecule has 2 rings (SSSR count).